The van der Waals surface area contributed by atoms with Crippen molar-refractivity contribution in [2.45, 2.75) is 53.4 Å². The lowest BCUT2D eigenvalue weighted by atomic mass is 9.83. The number of rotatable bonds is 6. The van der Waals surface area contributed by atoms with Crippen LogP contribution in [0.3, 0.4) is 0 Å². The fourth-order valence-corrected chi connectivity index (χ4v) is 2.93. The van der Waals surface area contributed by atoms with Crippen LogP contribution in [0.4, 0.5) is 0 Å². The van der Waals surface area contributed by atoms with Crippen LogP contribution in [0.15, 0.2) is 0 Å². The Kier molecular flexibility index (Phi) is 5.66. The van der Waals surface area contributed by atoms with E-state index >= 15 is 0 Å². The first-order chi connectivity index (χ1) is 7.15. The molecular formula is C14H29N. The van der Waals surface area contributed by atoms with E-state index in [2.05, 4.69) is 33.0 Å². The van der Waals surface area contributed by atoms with Gasteiger partial charge in [0, 0.05) is 0 Å². The molecule has 0 heterocycles. The van der Waals surface area contributed by atoms with Gasteiger partial charge in [-0.15, -0.1) is 0 Å². The lowest BCUT2D eigenvalue weighted by Gasteiger charge is -2.25. The van der Waals surface area contributed by atoms with Crippen molar-refractivity contribution in [3.8, 4) is 0 Å². The zero-order valence-electron chi connectivity index (χ0n) is 11.1. The molecule has 0 radical (unpaired) electrons. The topological polar surface area (TPSA) is 12.0 Å². The summed E-state index contributed by atoms with van der Waals surface area (Å²) in [5, 5.41) is 3.64. The largest absolute Gasteiger partial charge is 0.316 e. The zero-order chi connectivity index (χ0) is 11.3. The van der Waals surface area contributed by atoms with Gasteiger partial charge in [0.15, 0.2) is 0 Å². The van der Waals surface area contributed by atoms with Crippen molar-refractivity contribution < 1.29 is 0 Å². The van der Waals surface area contributed by atoms with Gasteiger partial charge in [-0.05, 0) is 49.6 Å². The lowest BCUT2D eigenvalue weighted by molar-refractivity contribution is 0.262. The van der Waals surface area contributed by atoms with Gasteiger partial charge in [0.05, 0.1) is 0 Å². The minimum absolute atomic E-state index is 0.786. The molecule has 1 aliphatic rings. The Hall–Kier alpha value is -0.0400. The summed E-state index contributed by atoms with van der Waals surface area (Å²) in [6.07, 6.45) is 5.75. The van der Waals surface area contributed by atoms with Crippen molar-refractivity contribution in [3.05, 3.63) is 0 Å². The number of nitrogens with one attached hydrogen (secondary N) is 1. The van der Waals surface area contributed by atoms with Crippen LogP contribution in [0, 0.1) is 23.7 Å². The predicted octanol–water partition coefficient (Wildman–Crippen LogP) is 3.69. The van der Waals surface area contributed by atoms with E-state index in [0.29, 0.717) is 0 Å². The minimum atomic E-state index is 0.786. The van der Waals surface area contributed by atoms with Gasteiger partial charge in [0.1, 0.15) is 0 Å². The van der Waals surface area contributed by atoms with E-state index in [-0.39, 0.29) is 0 Å². The van der Waals surface area contributed by atoms with Crippen LogP contribution < -0.4 is 5.32 Å². The van der Waals surface area contributed by atoms with Gasteiger partial charge in [-0.1, -0.05) is 40.5 Å². The predicted molar refractivity (Wildman–Crippen MR) is 68.0 cm³/mol. The number of hydrogen-bond acceptors (Lipinski definition) is 1. The summed E-state index contributed by atoms with van der Waals surface area (Å²) >= 11 is 0. The summed E-state index contributed by atoms with van der Waals surface area (Å²) in [7, 11) is 0. The maximum atomic E-state index is 3.64. The van der Waals surface area contributed by atoms with Crippen LogP contribution in [0.25, 0.3) is 0 Å². The van der Waals surface area contributed by atoms with Gasteiger partial charge in [0.2, 0.25) is 0 Å². The fraction of sp³-hybridized carbons (Fsp3) is 1.00. The quantitative estimate of drug-likeness (QED) is 0.706. The molecule has 1 saturated carbocycles. The molecule has 1 aliphatic carbocycles. The van der Waals surface area contributed by atoms with Crippen LogP contribution in [0.1, 0.15) is 53.4 Å². The molecule has 0 bridgehead atoms. The summed E-state index contributed by atoms with van der Waals surface area (Å²) < 4.78 is 0. The average molecular weight is 211 g/mol. The molecule has 15 heavy (non-hydrogen) atoms. The van der Waals surface area contributed by atoms with E-state index in [1.54, 1.807) is 0 Å². The normalized spacial score (nSPS) is 28.6. The van der Waals surface area contributed by atoms with E-state index in [9.17, 15) is 0 Å². The molecule has 0 aromatic rings. The second-order valence-corrected chi connectivity index (χ2v) is 5.79. The van der Waals surface area contributed by atoms with Gasteiger partial charge in [0.25, 0.3) is 0 Å². The Balaban J connectivity index is 2.27. The molecule has 0 aromatic carbocycles. The SMILES string of the molecule is CCC(C)C1CCCC1CNCC(C)C. The average Bonchev–Trinajstić information content (AvgIpc) is 2.64. The van der Waals surface area contributed by atoms with E-state index in [1.807, 2.05) is 0 Å². The van der Waals surface area contributed by atoms with Crippen LogP contribution in [0.2, 0.25) is 0 Å². The highest BCUT2D eigenvalue weighted by Crippen LogP contribution is 2.37. The first-order valence-electron chi connectivity index (χ1n) is 6.85. The molecule has 3 atom stereocenters. The molecule has 0 amide bonds. The smallest absolute Gasteiger partial charge is 0.00177 e. The van der Waals surface area contributed by atoms with Gasteiger partial charge in [-0.25, -0.2) is 0 Å². The molecule has 3 unspecified atom stereocenters. The second-order valence-electron chi connectivity index (χ2n) is 5.79. The minimum Gasteiger partial charge on any atom is -0.316 e. The Morgan fingerprint density at radius 2 is 1.93 bits per heavy atom. The molecule has 1 fully saturated rings. The Morgan fingerprint density at radius 1 is 1.20 bits per heavy atom. The third kappa shape index (κ3) is 4.14. The monoisotopic (exact) mass is 211 g/mol. The van der Waals surface area contributed by atoms with Gasteiger partial charge >= 0.3 is 0 Å². The van der Waals surface area contributed by atoms with E-state index in [1.165, 1.54) is 38.8 Å². The molecule has 1 heteroatoms. The maximum absolute atomic E-state index is 3.64. The van der Waals surface area contributed by atoms with Crippen molar-refractivity contribution >= 4 is 0 Å². The van der Waals surface area contributed by atoms with Gasteiger partial charge < -0.3 is 5.32 Å². The zero-order valence-corrected chi connectivity index (χ0v) is 11.1. The maximum Gasteiger partial charge on any atom is -0.00177 e. The molecule has 1 N–H and O–H groups in total. The third-order valence-electron chi connectivity index (χ3n) is 4.05. The molecule has 1 nitrogen and oxygen atoms in total. The molecule has 0 aromatic heterocycles. The van der Waals surface area contributed by atoms with E-state index in [4.69, 9.17) is 0 Å². The highest BCUT2D eigenvalue weighted by atomic mass is 14.9. The first kappa shape index (κ1) is 13.0. The standard InChI is InChI=1S/C14H29N/c1-5-12(4)14-8-6-7-13(14)10-15-9-11(2)3/h11-15H,5-10H2,1-4H3. The van der Waals surface area contributed by atoms with Crippen molar-refractivity contribution in [2.24, 2.45) is 23.7 Å². The Bertz CT molecular complexity index is 165. The molecule has 0 saturated heterocycles. The fourth-order valence-electron chi connectivity index (χ4n) is 2.93. The highest BCUT2D eigenvalue weighted by Gasteiger charge is 2.30. The van der Waals surface area contributed by atoms with Gasteiger partial charge in [-0.2, -0.15) is 0 Å². The van der Waals surface area contributed by atoms with Crippen LogP contribution in [-0.2, 0) is 0 Å². The van der Waals surface area contributed by atoms with Crippen LogP contribution >= 0.6 is 0 Å². The molecular weight excluding hydrogens is 182 g/mol. The summed E-state index contributed by atoms with van der Waals surface area (Å²) in [5.74, 6) is 3.67. The third-order valence-corrected chi connectivity index (χ3v) is 4.05. The van der Waals surface area contributed by atoms with Crippen molar-refractivity contribution in [3.63, 3.8) is 0 Å². The summed E-state index contributed by atoms with van der Waals surface area (Å²) in [6, 6.07) is 0. The van der Waals surface area contributed by atoms with Crippen molar-refractivity contribution in [2.75, 3.05) is 13.1 Å². The van der Waals surface area contributed by atoms with E-state index in [0.717, 1.165) is 23.7 Å². The first-order valence-corrected chi connectivity index (χ1v) is 6.85. The number of hydrogen-bond donors (Lipinski definition) is 1. The lowest BCUT2D eigenvalue weighted by Crippen LogP contribution is -2.30. The Morgan fingerprint density at radius 3 is 2.53 bits per heavy atom. The van der Waals surface area contributed by atoms with E-state index < -0.39 is 0 Å². The van der Waals surface area contributed by atoms with Crippen molar-refractivity contribution in [1.29, 1.82) is 0 Å². The molecule has 1 rings (SSSR count). The molecule has 0 spiro atoms. The summed E-state index contributed by atoms with van der Waals surface area (Å²) in [5.41, 5.74) is 0. The Labute approximate surface area is 96.0 Å². The van der Waals surface area contributed by atoms with Crippen LogP contribution in [0.5, 0.6) is 0 Å². The second kappa shape index (κ2) is 6.52. The summed E-state index contributed by atoms with van der Waals surface area (Å²) in [4.78, 5) is 0. The summed E-state index contributed by atoms with van der Waals surface area (Å²) in [6.45, 7) is 11.8. The van der Waals surface area contributed by atoms with Crippen molar-refractivity contribution in [1.82, 2.24) is 5.32 Å². The highest BCUT2D eigenvalue weighted by molar-refractivity contribution is 4.82. The molecule has 90 valence electrons. The molecule has 0 aliphatic heterocycles. The van der Waals surface area contributed by atoms with Crippen LogP contribution in [-0.4, -0.2) is 13.1 Å². The van der Waals surface area contributed by atoms with Gasteiger partial charge in [-0.3, -0.25) is 0 Å².